The highest BCUT2D eigenvalue weighted by atomic mass is 15.3. The van der Waals surface area contributed by atoms with Crippen LogP contribution in [0.1, 0.15) is 22.8 Å². The maximum absolute atomic E-state index is 7.14. The molecule has 2 aliphatic rings. The number of H-pyrrole nitrogens is 1. The molecule has 7 aromatic rings. The Labute approximate surface area is 284 Å². The maximum Gasteiger partial charge on any atom is 0.0738 e. The van der Waals surface area contributed by atoms with Crippen LogP contribution in [0.15, 0.2) is 146 Å². The molecule has 3 aromatic heterocycles. The second-order valence-electron chi connectivity index (χ2n) is 12.2. The molecule has 0 radical (unpaired) electrons. The summed E-state index contributed by atoms with van der Waals surface area (Å²) in [5, 5.41) is 0. The van der Waals surface area contributed by atoms with Crippen LogP contribution in [0.2, 0.25) is 0 Å². The summed E-state index contributed by atoms with van der Waals surface area (Å²) in [6.45, 7) is 0. The van der Waals surface area contributed by atoms with E-state index < -0.39 is 0 Å². The average Bonchev–Trinajstić information content (AvgIpc) is 3.98. The third-order valence-electron chi connectivity index (χ3n) is 9.21. The zero-order valence-corrected chi connectivity index (χ0v) is 26.6. The van der Waals surface area contributed by atoms with Gasteiger partial charge in [0, 0.05) is 33.3 Å². The standard InChI is InChI=1S/C44H31N5/c45-49-39-27-28-40(49)44(32-19-11-4-12-20-32)38-26-24-36(48-38)42(30-15-7-2-8-16-30)34-22-21-33(46-34)41(29-13-5-1-6-14-29)35-23-25-37(47-35)43(39)31-17-9-3-10-18-31/h1-28,46H,45H2. The third kappa shape index (κ3) is 4.96. The minimum atomic E-state index is 0.844. The Hall–Kier alpha value is -6.72. The summed E-state index contributed by atoms with van der Waals surface area (Å²) in [5.41, 5.74) is 15.3. The summed E-state index contributed by atoms with van der Waals surface area (Å²) in [6, 6.07) is 50.1. The van der Waals surface area contributed by atoms with Gasteiger partial charge in [0.05, 0.1) is 33.8 Å². The minimum absolute atomic E-state index is 0.844. The quantitative estimate of drug-likeness (QED) is 0.190. The number of hydrogen-bond acceptors (Lipinski definition) is 3. The fraction of sp³-hybridized carbons (Fsp3) is 0. The lowest BCUT2D eigenvalue weighted by Crippen LogP contribution is -2.09. The Morgan fingerprint density at radius 3 is 1.02 bits per heavy atom. The first-order valence-electron chi connectivity index (χ1n) is 16.4. The van der Waals surface area contributed by atoms with E-state index >= 15 is 0 Å². The molecule has 8 bridgehead atoms. The molecular formula is C44H31N5. The van der Waals surface area contributed by atoms with Gasteiger partial charge >= 0.3 is 0 Å². The molecule has 0 aliphatic carbocycles. The molecule has 232 valence electrons. The number of nitrogens with one attached hydrogen (secondary N) is 1. The van der Waals surface area contributed by atoms with Crippen molar-refractivity contribution in [1.29, 1.82) is 0 Å². The number of benzene rings is 4. The van der Waals surface area contributed by atoms with Crippen LogP contribution in [-0.4, -0.2) is 19.6 Å². The molecule has 9 rings (SSSR count). The van der Waals surface area contributed by atoms with Crippen LogP contribution in [0.4, 0.5) is 0 Å². The fourth-order valence-corrected chi connectivity index (χ4v) is 6.98. The fourth-order valence-electron chi connectivity index (χ4n) is 6.98. The van der Waals surface area contributed by atoms with Gasteiger partial charge in [-0.25, -0.2) is 9.97 Å². The van der Waals surface area contributed by atoms with E-state index in [1.165, 1.54) is 0 Å². The molecule has 0 saturated heterocycles. The number of aromatic nitrogens is 4. The Bertz CT molecular complexity index is 2400. The van der Waals surface area contributed by atoms with Gasteiger partial charge in [-0.2, -0.15) is 0 Å². The molecule has 5 heteroatoms. The van der Waals surface area contributed by atoms with Crippen molar-refractivity contribution in [3.63, 3.8) is 0 Å². The summed E-state index contributed by atoms with van der Waals surface area (Å²) in [7, 11) is 0. The van der Waals surface area contributed by atoms with Crippen LogP contribution < -0.4 is 5.84 Å². The summed E-state index contributed by atoms with van der Waals surface area (Å²) in [4.78, 5) is 14.5. The van der Waals surface area contributed by atoms with Crippen LogP contribution in [0.25, 0.3) is 90.9 Å². The Morgan fingerprint density at radius 1 is 0.367 bits per heavy atom. The topological polar surface area (TPSA) is 72.5 Å². The first kappa shape index (κ1) is 28.5. The third-order valence-corrected chi connectivity index (χ3v) is 9.21. The molecule has 4 aromatic carbocycles. The van der Waals surface area contributed by atoms with Gasteiger partial charge in [-0.15, -0.1) is 0 Å². The molecule has 0 spiro atoms. The van der Waals surface area contributed by atoms with Crippen molar-refractivity contribution in [3.05, 3.63) is 168 Å². The van der Waals surface area contributed by atoms with Crippen LogP contribution in [0.5, 0.6) is 0 Å². The van der Waals surface area contributed by atoms with E-state index in [1.807, 2.05) is 24.3 Å². The van der Waals surface area contributed by atoms with Gasteiger partial charge in [0.1, 0.15) is 0 Å². The second kappa shape index (κ2) is 11.8. The van der Waals surface area contributed by atoms with Gasteiger partial charge in [0.15, 0.2) is 0 Å². The maximum atomic E-state index is 7.14. The summed E-state index contributed by atoms with van der Waals surface area (Å²) < 4.78 is 1.79. The van der Waals surface area contributed by atoms with Crippen molar-refractivity contribution < 1.29 is 0 Å². The van der Waals surface area contributed by atoms with Gasteiger partial charge in [-0.1, -0.05) is 121 Å². The van der Waals surface area contributed by atoms with Crippen molar-refractivity contribution in [1.82, 2.24) is 19.6 Å². The van der Waals surface area contributed by atoms with Gasteiger partial charge < -0.3 is 10.8 Å². The van der Waals surface area contributed by atoms with Crippen molar-refractivity contribution in [2.45, 2.75) is 0 Å². The van der Waals surface area contributed by atoms with Crippen molar-refractivity contribution in [2.75, 3.05) is 5.84 Å². The van der Waals surface area contributed by atoms with E-state index in [4.69, 9.17) is 15.8 Å². The Balaban J connectivity index is 1.51. The number of nitrogen functional groups attached to an aromatic ring is 1. The molecule has 0 amide bonds. The molecule has 3 N–H and O–H groups in total. The average molecular weight is 630 g/mol. The SMILES string of the molecule is Nn1c2ccc1c(-c1ccccc1)c1nc(c(-c3ccccc3)c3ccc([nH]3)c(-c3ccccc3)c3nc(c2-c2ccccc2)C=C3)C=C1. The van der Waals surface area contributed by atoms with E-state index in [9.17, 15) is 0 Å². The number of nitrogens with zero attached hydrogens (tertiary/aromatic N) is 3. The van der Waals surface area contributed by atoms with E-state index in [0.717, 1.165) is 89.4 Å². The zero-order valence-electron chi connectivity index (χ0n) is 26.6. The normalized spacial score (nSPS) is 12.0. The van der Waals surface area contributed by atoms with Crippen LogP contribution in [0, 0.1) is 0 Å². The zero-order chi connectivity index (χ0) is 32.7. The van der Waals surface area contributed by atoms with Crippen molar-refractivity contribution in [2.24, 2.45) is 0 Å². The van der Waals surface area contributed by atoms with Crippen molar-refractivity contribution >= 4 is 46.4 Å². The highest BCUT2D eigenvalue weighted by Crippen LogP contribution is 2.38. The number of nitrogens with two attached hydrogens (primary N) is 1. The van der Waals surface area contributed by atoms with E-state index in [2.05, 4.69) is 151 Å². The first-order chi connectivity index (χ1) is 24.2. The molecule has 0 saturated carbocycles. The molecule has 2 aliphatic heterocycles. The van der Waals surface area contributed by atoms with Crippen molar-refractivity contribution in [3.8, 4) is 44.5 Å². The lowest BCUT2D eigenvalue weighted by atomic mass is 10.0. The number of fused-ring (bicyclic) bond motifs is 8. The van der Waals surface area contributed by atoms with Gasteiger partial charge in [-0.05, 0) is 70.8 Å². The number of hydrogen-bond donors (Lipinski definition) is 2. The summed E-state index contributed by atoms with van der Waals surface area (Å²) in [6.07, 6.45) is 8.42. The molecule has 49 heavy (non-hydrogen) atoms. The van der Waals surface area contributed by atoms with E-state index in [1.54, 1.807) is 4.68 Å². The van der Waals surface area contributed by atoms with E-state index in [0.29, 0.717) is 0 Å². The monoisotopic (exact) mass is 629 g/mol. The smallest absolute Gasteiger partial charge is 0.0738 e. The number of rotatable bonds is 4. The molecule has 0 unspecified atom stereocenters. The molecule has 0 atom stereocenters. The predicted molar refractivity (Wildman–Crippen MR) is 204 cm³/mol. The van der Waals surface area contributed by atoms with E-state index in [-0.39, 0.29) is 0 Å². The Morgan fingerprint density at radius 2 is 0.673 bits per heavy atom. The summed E-state index contributed by atoms with van der Waals surface area (Å²) in [5.74, 6) is 7.14. The number of aromatic amines is 1. The van der Waals surface area contributed by atoms with Gasteiger partial charge in [0.25, 0.3) is 0 Å². The highest BCUT2D eigenvalue weighted by Gasteiger charge is 2.20. The molecule has 5 nitrogen and oxygen atoms in total. The van der Waals surface area contributed by atoms with Crippen LogP contribution >= 0.6 is 0 Å². The molecule has 5 heterocycles. The largest absolute Gasteiger partial charge is 0.354 e. The molecule has 0 fully saturated rings. The highest BCUT2D eigenvalue weighted by molar-refractivity contribution is 6.00. The summed E-state index contributed by atoms with van der Waals surface area (Å²) >= 11 is 0. The van der Waals surface area contributed by atoms with Gasteiger partial charge in [0.2, 0.25) is 0 Å². The lowest BCUT2D eigenvalue weighted by molar-refractivity contribution is 1.11. The predicted octanol–water partition coefficient (Wildman–Crippen LogP) is 10.5. The van der Waals surface area contributed by atoms with Crippen LogP contribution in [-0.2, 0) is 0 Å². The Kier molecular flexibility index (Phi) is 6.87. The second-order valence-corrected chi connectivity index (χ2v) is 12.2. The van der Waals surface area contributed by atoms with Gasteiger partial charge in [-0.3, -0.25) is 4.68 Å². The van der Waals surface area contributed by atoms with Crippen LogP contribution in [0.3, 0.4) is 0 Å². The lowest BCUT2D eigenvalue weighted by Gasteiger charge is -2.10. The minimum Gasteiger partial charge on any atom is -0.354 e. The first-order valence-corrected chi connectivity index (χ1v) is 16.4. The molecular weight excluding hydrogens is 599 g/mol.